The van der Waals surface area contributed by atoms with E-state index in [1.165, 1.54) is 0 Å². The summed E-state index contributed by atoms with van der Waals surface area (Å²) < 4.78 is -0.0440. The summed E-state index contributed by atoms with van der Waals surface area (Å²) in [4.78, 5) is 10.9. The van der Waals surface area contributed by atoms with Crippen molar-refractivity contribution in [2.75, 3.05) is 0 Å². The number of benzene rings is 1. The molecule has 0 aromatic heterocycles. The first-order chi connectivity index (χ1) is 6.11. The van der Waals surface area contributed by atoms with Crippen LogP contribution in [-0.2, 0) is 11.2 Å². The van der Waals surface area contributed by atoms with Crippen LogP contribution in [0.1, 0.15) is 5.56 Å². The summed E-state index contributed by atoms with van der Waals surface area (Å²) in [6.45, 7) is 0. The van der Waals surface area contributed by atoms with Gasteiger partial charge in [0.25, 0.3) is 0 Å². The molecule has 0 amide bonds. The Morgan fingerprint density at radius 3 is 2.69 bits per heavy atom. The molecule has 4 heteroatoms. The van der Waals surface area contributed by atoms with E-state index in [0.29, 0.717) is 11.4 Å². The molecule has 1 aromatic rings. The van der Waals surface area contributed by atoms with Crippen molar-refractivity contribution in [2.24, 2.45) is 5.73 Å². The molecule has 2 nitrogen and oxygen atoms in total. The van der Waals surface area contributed by atoms with Gasteiger partial charge in [0, 0.05) is 27.6 Å². The second kappa shape index (κ2) is 4.93. The standard InChI is InChI=1S/C9H9ClINO/c10-7-4-2-1-3-6(7)5-8(12)9(11)13/h1-4,8H,5,12H2/t8-/m0/s1. The van der Waals surface area contributed by atoms with Crippen LogP contribution in [0.2, 0.25) is 5.02 Å². The molecule has 0 bridgehead atoms. The summed E-state index contributed by atoms with van der Waals surface area (Å²) in [5, 5.41) is 0.663. The largest absolute Gasteiger partial charge is 0.321 e. The Morgan fingerprint density at radius 1 is 1.54 bits per heavy atom. The summed E-state index contributed by atoms with van der Waals surface area (Å²) in [6.07, 6.45) is 0.501. The van der Waals surface area contributed by atoms with Gasteiger partial charge in [-0.25, -0.2) is 0 Å². The lowest BCUT2D eigenvalue weighted by Crippen LogP contribution is -2.28. The van der Waals surface area contributed by atoms with Crippen molar-refractivity contribution in [3.63, 3.8) is 0 Å². The number of rotatable bonds is 3. The van der Waals surface area contributed by atoms with Crippen molar-refractivity contribution in [2.45, 2.75) is 12.5 Å². The quantitative estimate of drug-likeness (QED) is 0.687. The normalized spacial score (nSPS) is 12.5. The van der Waals surface area contributed by atoms with Crippen molar-refractivity contribution < 1.29 is 4.79 Å². The van der Waals surface area contributed by atoms with Crippen LogP contribution in [0, 0.1) is 0 Å². The molecule has 0 fully saturated rings. The second-order valence-electron chi connectivity index (χ2n) is 2.71. The predicted molar refractivity (Wildman–Crippen MR) is 62.2 cm³/mol. The fraction of sp³-hybridized carbons (Fsp3) is 0.222. The van der Waals surface area contributed by atoms with Gasteiger partial charge in [0.2, 0.25) is 3.79 Å². The number of halogens is 2. The molecule has 0 saturated carbocycles. The highest BCUT2D eigenvalue weighted by Gasteiger charge is 2.11. The minimum absolute atomic E-state index is 0.0440. The molecule has 2 N–H and O–H groups in total. The minimum Gasteiger partial charge on any atom is -0.321 e. The van der Waals surface area contributed by atoms with Crippen molar-refractivity contribution in [3.05, 3.63) is 34.9 Å². The Hall–Kier alpha value is -0.130. The summed E-state index contributed by atoms with van der Waals surface area (Å²) in [6, 6.07) is 6.94. The van der Waals surface area contributed by atoms with E-state index < -0.39 is 6.04 Å². The van der Waals surface area contributed by atoms with E-state index in [2.05, 4.69) is 0 Å². The lowest BCUT2D eigenvalue weighted by molar-refractivity contribution is -0.110. The molecule has 70 valence electrons. The van der Waals surface area contributed by atoms with E-state index in [9.17, 15) is 4.79 Å². The van der Waals surface area contributed by atoms with Gasteiger partial charge >= 0.3 is 0 Å². The van der Waals surface area contributed by atoms with Crippen LogP contribution in [0.15, 0.2) is 24.3 Å². The molecule has 1 aromatic carbocycles. The van der Waals surface area contributed by atoms with E-state index in [-0.39, 0.29) is 3.79 Å². The molecule has 0 heterocycles. The highest BCUT2D eigenvalue weighted by molar-refractivity contribution is 14.1. The van der Waals surface area contributed by atoms with Gasteiger partial charge in [0.05, 0.1) is 6.04 Å². The highest BCUT2D eigenvalue weighted by atomic mass is 127. The lowest BCUT2D eigenvalue weighted by Gasteiger charge is -2.07. The average Bonchev–Trinajstić information content (AvgIpc) is 2.08. The van der Waals surface area contributed by atoms with Gasteiger partial charge in [0.1, 0.15) is 0 Å². The Balaban J connectivity index is 2.74. The SMILES string of the molecule is N[C@@H](Cc1ccccc1Cl)C(=O)I. The Bertz CT molecular complexity index is 316. The highest BCUT2D eigenvalue weighted by Crippen LogP contribution is 2.16. The summed E-state index contributed by atoms with van der Waals surface area (Å²) in [7, 11) is 0. The van der Waals surface area contributed by atoms with E-state index in [1.807, 2.05) is 18.2 Å². The zero-order valence-electron chi connectivity index (χ0n) is 6.84. The fourth-order valence-electron chi connectivity index (χ4n) is 0.981. The van der Waals surface area contributed by atoms with Crippen molar-refractivity contribution in [3.8, 4) is 0 Å². The van der Waals surface area contributed by atoms with Crippen LogP contribution in [0.3, 0.4) is 0 Å². The van der Waals surface area contributed by atoms with Crippen LogP contribution in [0.25, 0.3) is 0 Å². The summed E-state index contributed by atoms with van der Waals surface area (Å²) >= 11 is 7.60. The first-order valence-electron chi connectivity index (χ1n) is 3.79. The summed E-state index contributed by atoms with van der Waals surface area (Å²) in [5.74, 6) is 0. The van der Waals surface area contributed by atoms with Crippen LogP contribution in [-0.4, -0.2) is 9.83 Å². The third-order valence-electron chi connectivity index (χ3n) is 1.69. The van der Waals surface area contributed by atoms with Gasteiger partial charge in [-0.15, -0.1) is 0 Å². The molecule has 0 aliphatic carbocycles. The molecular weight excluding hydrogens is 300 g/mol. The maximum atomic E-state index is 10.9. The molecule has 1 rings (SSSR count). The van der Waals surface area contributed by atoms with Gasteiger partial charge < -0.3 is 5.73 Å². The number of hydrogen-bond donors (Lipinski definition) is 1. The molecule has 1 atom stereocenters. The molecule has 0 saturated heterocycles. The van der Waals surface area contributed by atoms with Crippen molar-refractivity contribution >= 4 is 38.0 Å². The average molecular weight is 310 g/mol. The maximum absolute atomic E-state index is 10.9. The zero-order valence-corrected chi connectivity index (χ0v) is 9.75. The zero-order chi connectivity index (χ0) is 9.84. The number of hydrogen-bond acceptors (Lipinski definition) is 2. The lowest BCUT2D eigenvalue weighted by atomic mass is 10.1. The van der Waals surface area contributed by atoms with E-state index >= 15 is 0 Å². The van der Waals surface area contributed by atoms with Gasteiger partial charge in [-0.3, -0.25) is 4.79 Å². The van der Waals surface area contributed by atoms with Crippen LogP contribution >= 0.6 is 34.2 Å². The Kier molecular flexibility index (Phi) is 4.15. The fourth-order valence-corrected chi connectivity index (χ4v) is 1.41. The van der Waals surface area contributed by atoms with Gasteiger partial charge in [0.15, 0.2) is 0 Å². The third kappa shape index (κ3) is 3.25. The number of carbonyl (C=O) groups is 1. The first-order valence-corrected chi connectivity index (χ1v) is 5.25. The third-order valence-corrected chi connectivity index (χ3v) is 2.86. The molecule has 13 heavy (non-hydrogen) atoms. The smallest absolute Gasteiger partial charge is 0.209 e. The Labute approximate surface area is 95.6 Å². The van der Waals surface area contributed by atoms with E-state index in [0.717, 1.165) is 5.56 Å². The van der Waals surface area contributed by atoms with Crippen molar-refractivity contribution in [1.82, 2.24) is 0 Å². The van der Waals surface area contributed by atoms with Crippen LogP contribution < -0.4 is 5.73 Å². The topological polar surface area (TPSA) is 43.1 Å². The molecule has 0 radical (unpaired) electrons. The van der Waals surface area contributed by atoms with Gasteiger partial charge in [-0.05, 0) is 18.1 Å². The number of carbonyl (C=O) groups excluding carboxylic acids is 1. The monoisotopic (exact) mass is 309 g/mol. The number of nitrogens with two attached hydrogens (primary N) is 1. The molecular formula is C9H9ClINO. The molecule has 0 aliphatic heterocycles. The van der Waals surface area contributed by atoms with Crippen molar-refractivity contribution in [1.29, 1.82) is 0 Å². The van der Waals surface area contributed by atoms with Gasteiger partial charge in [-0.2, -0.15) is 0 Å². The first kappa shape index (κ1) is 10.9. The molecule has 0 spiro atoms. The molecule has 0 unspecified atom stereocenters. The van der Waals surface area contributed by atoms with E-state index in [1.54, 1.807) is 28.7 Å². The maximum Gasteiger partial charge on any atom is 0.209 e. The Morgan fingerprint density at radius 2 is 2.15 bits per heavy atom. The summed E-state index contributed by atoms with van der Waals surface area (Å²) in [5.41, 5.74) is 6.52. The van der Waals surface area contributed by atoms with Crippen LogP contribution in [0.5, 0.6) is 0 Å². The minimum atomic E-state index is -0.458. The second-order valence-corrected chi connectivity index (χ2v) is 4.18. The van der Waals surface area contributed by atoms with Gasteiger partial charge in [-0.1, -0.05) is 29.8 Å². The van der Waals surface area contributed by atoms with Crippen LogP contribution in [0.4, 0.5) is 0 Å². The predicted octanol–water partition coefficient (Wildman–Crippen LogP) is 2.17. The molecule has 0 aliphatic rings. The van der Waals surface area contributed by atoms with E-state index in [4.69, 9.17) is 17.3 Å².